The van der Waals surface area contributed by atoms with Gasteiger partial charge >= 0.3 is 11.9 Å². The molecule has 0 aliphatic carbocycles. The lowest BCUT2D eigenvalue weighted by atomic mass is 9.73. The van der Waals surface area contributed by atoms with Crippen molar-refractivity contribution in [3.63, 3.8) is 0 Å². The van der Waals surface area contributed by atoms with E-state index in [1.165, 1.54) is 14.2 Å². The SMILES string of the molecule is COC(=O)C1=C(C)N=C(C)C(C(=O)OC)C1c1ccccc1-c1ccsc1. The van der Waals surface area contributed by atoms with Crippen LogP contribution in [-0.4, -0.2) is 31.9 Å². The van der Waals surface area contributed by atoms with Gasteiger partial charge in [-0.05, 0) is 47.4 Å². The molecular weight excluding hydrogens is 362 g/mol. The van der Waals surface area contributed by atoms with Crippen LogP contribution in [0.2, 0.25) is 0 Å². The van der Waals surface area contributed by atoms with Crippen LogP contribution in [0.3, 0.4) is 0 Å². The number of esters is 2. The van der Waals surface area contributed by atoms with Crippen LogP contribution in [0, 0.1) is 5.92 Å². The van der Waals surface area contributed by atoms with Crippen LogP contribution >= 0.6 is 11.3 Å². The van der Waals surface area contributed by atoms with Crippen molar-refractivity contribution < 1.29 is 19.1 Å². The number of hydrogen-bond acceptors (Lipinski definition) is 6. The van der Waals surface area contributed by atoms with Gasteiger partial charge in [0, 0.05) is 17.3 Å². The van der Waals surface area contributed by atoms with Gasteiger partial charge in [-0.2, -0.15) is 11.3 Å². The van der Waals surface area contributed by atoms with Gasteiger partial charge in [-0.1, -0.05) is 24.3 Å². The van der Waals surface area contributed by atoms with Crippen molar-refractivity contribution in [3.8, 4) is 11.1 Å². The molecule has 0 spiro atoms. The Labute approximate surface area is 162 Å². The van der Waals surface area contributed by atoms with Gasteiger partial charge in [0.05, 0.1) is 19.8 Å². The van der Waals surface area contributed by atoms with Crippen molar-refractivity contribution in [1.82, 2.24) is 0 Å². The summed E-state index contributed by atoms with van der Waals surface area (Å²) in [6.07, 6.45) is 0. The number of rotatable bonds is 4. The highest BCUT2D eigenvalue weighted by Gasteiger charge is 2.42. The lowest BCUT2D eigenvalue weighted by Gasteiger charge is -2.32. The number of thiophene rings is 1. The van der Waals surface area contributed by atoms with Crippen molar-refractivity contribution in [2.75, 3.05) is 14.2 Å². The van der Waals surface area contributed by atoms with Gasteiger partial charge in [-0.3, -0.25) is 9.79 Å². The maximum atomic E-state index is 12.6. The summed E-state index contributed by atoms with van der Waals surface area (Å²) in [5.41, 5.74) is 4.46. The van der Waals surface area contributed by atoms with Crippen LogP contribution < -0.4 is 0 Å². The summed E-state index contributed by atoms with van der Waals surface area (Å²) < 4.78 is 10.1. The number of aliphatic imine (C=N–C) groups is 1. The molecule has 0 bridgehead atoms. The molecular formula is C21H21NO4S. The summed E-state index contributed by atoms with van der Waals surface area (Å²) in [7, 11) is 2.68. The average Bonchev–Trinajstić information content (AvgIpc) is 3.21. The number of carbonyl (C=O) groups excluding carboxylic acids is 2. The predicted molar refractivity (Wildman–Crippen MR) is 106 cm³/mol. The van der Waals surface area contributed by atoms with Crippen molar-refractivity contribution in [2.24, 2.45) is 10.9 Å². The van der Waals surface area contributed by atoms with Gasteiger partial charge in [0.1, 0.15) is 5.92 Å². The number of methoxy groups -OCH3 is 2. The third-order valence-corrected chi connectivity index (χ3v) is 5.50. The minimum Gasteiger partial charge on any atom is -0.468 e. The third-order valence-electron chi connectivity index (χ3n) is 4.82. The zero-order valence-electron chi connectivity index (χ0n) is 15.7. The van der Waals surface area contributed by atoms with Crippen LogP contribution in [0.4, 0.5) is 0 Å². The third kappa shape index (κ3) is 3.45. The summed E-state index contributed by atoms with van der Waals surface area (Å²) in [6, 6.07) is 9.82. The van der Waals surface area contributed by atoms with E-state index in [0.29, 0.717) is 17.0 Å². The van der Waals surface area contributed by atoms with Crippen LogP contribution in [0.1, 0.15) is 25.3 Å². The monoisotopic (exact) mass is 383 g/mol. The van der Waals surface area contributed by atoms with Crippen LogP contribution in [0.5, 0.6) is 0 Å². The van der Waals surface area contributed by atoms with E-state index in [2.05, 4.69) is 4.99 Å². The minimum atomic E-state index is -0.687. The standard InChI is InChI=1S/C21H21NO4S/c1-12-17(20(23)25-3)19(18(13(2)22-12)21(24)26-4)16-8-6-5-7-15(16)14-9-10-27-11-14/h5-11,17,19H,1-4H3. The summed E-state index contributed by atoms with van der Waals surface area (Å²) >= 11 is 1.60. The number of allylic oxidation sites excluding steroid dienone is 1. The fraction of sp³-hybridized carbons (Fsp3) is 0.286. The number of benzene rings is 1. The molecule has 0 saturated heterocycles. The second-order valence-electron chi connectivity index (χ2n) is 6.32. The Bertz CT molecular complexity index is 927. The summed E-state index contributed by atoms with van der Waals surface area (Å²) in [5, 5.41) is 4.05. The molecule has 2 aromatic rings. The second-order valence-corrected chi connectivity index (χ2v) is 7.10. The number of ether oxygens (including phenoxy) is 2. The summed E-state index contributed by atoms with van der Waals surface area (Å²) in [4.78, 5) is 29.7. The molecule has 6 heteroatoms. The molecule has 2 heterocycles. The largest absolute Gasteiger partial charge is 0.468 e. The first-order valence-electron chi connectivity index (χ1n) is 8.53. The normalized spacial score (nSPS) is 19.5. The van der Waals surface area contributed by atoms with Crippen molar-refractivity contribution in [3.05, 3.63) is 57.9 Å². The average molecular weight is 383 g/mol. The van der Waals surface area contributed by atoms with Gasteiger partial charge < -0.3 is 9.47 Å². The zero-order valence-corrected chi connectivity index (χ0v) is 16.5. The van der Waals surface area contributed by atoms with E-state index in [1.54, 1.807) is 25.2 Å². The molecule has 1 aromatic carbocycles. The van der Waals surface area contributed by atoms with Gasteiger partial charge in [0.25, 0.3) is 0 Å². The minimum absolute atomic E-state index is 0.390. The van der Waals surface area contributed by atoms with Crippen LogP contribution in [-0.2, 0) is 19.1 Å². The van der Waals surface area contributed by atoms with E-state index < -0.39 is 23.8 Å². The van der Waals surface area contributed by atoms with Crippen LogP contribution in [0.25, 0.3) is 11.1 Å². The Morgan fingerprint density at radius 2 is 1.81 bits per heavy atom. The Kier molecular flexibility index (Phi) is 5.56. The second kappa shape index (κ2) is 7.88. The van der Waals surface area contributed by atoms with Crippen molar-refractivity contribution in [1.29, 1.82) is 0 Å². The van der Waals surface area contributed by atoms with E-state index in [1.807, 2.05) is 41.1 Å². The van der Waals surface area contributed by atoms with E-state index in [9.17, 15) is 9.59 Å². The summed E-state index contributed by atoms with van der Waals surface area (Å²) in [5.74, 6) is -2.12. The molecule has 27 heavy (non-hydrogen) atoms. The molecule has 0 amide bonds. The molecule has 2 unspecified atom stereocenters. The molecule has 1 aliphatic rings. The highest BCUT2D eigenvalue weighted by molar-refractivity contribution is 7.08. The fourth-order valence-electron chi connectivity index (χ4n) is 3.63. The van der Waals surface area contributed by atoms with Gasteiger partial charge in [0.2, 0.25) is 0 Å². The van der Waals surface area contributed by atoms with Crippen molar-refractivity contribution in [2.45, 2.75) is 19.8 Å². The van der Waals surface area contributed by atoms with E-state index in [-0.39, 0.29) is 0 Å². The Morgan fingerprint density at radius 1 is 1.07 bits per heavy atom. The summed E-state index contributed by atoms with van der Waals surface area (Å²) in [6.45, 7) is 3.56. The lowest BCUT2D eigenvalue weighted by molar-refractivity contribution is -0.143. The maximum Gasteiger partial charge on any atom is 0.336 e. The predicted octanol–water partition coefficient (Wildman–Crippen LogP) is 4.21. The first-order valence-corrected chi connectivity index (χ1v) is 9.47. The van der Waals surface area contributed by atoms with E-state index in [0.717, 1.165) is 16.7 Å². The molecule has 2 atom stereocenters. The zero-order chi connectivity index (χ0) is 19.6. The molecule has 1 aromatic heterocycles. The topological polar surface area (TPSA) is 65.0 Å². The molecule has 0 radical (unpaired) electrons. The first-order chi connectivity index (χ1) is 13.0. The molecule has 140 valence electrons. The van der Waals surface area contributed by atoms with E-state index in [4.69, 9.17) is 9.47 Å². The van der Waals surface area contributed by atoms with Crippen LogP contribution in [0.15, 0.2) is 57.4 Å². The number of carbonyl (C=O) groups is 2. The Hall–Kier alpha value is -2.73. The van der Waals surface area contributed by atoms with Gasteiger partial charge in [-0.15, -0.1) is 0 Å². The van der Waals surface area contributed by atoms with E-state index >= 15 is 0 Å². The van der Waals surface area contributed by atoms with Gasteiger partial charge in [-0.25, -0.2) is 4.79 Å². The smallest absolute Gasteiger partial charge is 0.336 e. The maximum absolute atomic E-state index is 12.6. The first kappa shape index (κ1) is 19.0. The highest BCUT2D eigenvalue weighted by atomic mass is 32.1. The molecule has 3 rings (SSSR count). The molecule has 0 saturated carbocycles. The molecule has 0 N–H and O–H groups in total. The van der Waals surface area contributed by atoms with Crippen molar-refractivity contribution >= 4 is 29.0 Å². The fourth-order valence-corrected chi connectivity index (χ4v) is 4.29. The molecule has 1 aliphatic heterocycles. The molecule has 5 nitrogen and oxygen atoms in total. The van der Waals surface area contributed by atoms with Gasteiger partial charge in [0.15, 0.2) is 0 Å². The highest BCUT2D eigenvalue weighted by Crippen LogP contribution is 2.43. The lowest BCUT2D eigenvalue weighted by Crippen LogP contribution is -2.36. The molecule has 0 fully saturated rings. The number of hydrogen-bond donors (Lipinski definition) is 0. The number of nitrogens with zero attached hydrogens (tertiary/aromatic N) is 1. The Balaban J connectivity index is 2.27. The Morgan fingerprint density at radius 3 is 2.44 bits per heavy atom. The quantitative estimate of drug-likeness (QED) is 0.742.